The molecule has 0 radical (unpaired) electrons. The van der Waals surface area contributed by atoms with Gasteiger partial charge < -0.3 is 9.64 Å². The van der Waals surface area contributed by atoms with Crippen molar-refractivity contribution in [1.82, 2.24) is 0 Å². The van der Waals surface area contributed by atoms with Crippen molar-refractivity contribution in [3.05, 3.63) is 0 Å². The molecule has 1 N–H and O–H groups in total. The fourth-order valence-corrected chi connectivity index (χ4v) is 4.90. The number of ether oxygens (including phenoxy) is 1. The topological polar surface area (TPSA) is 30.7 Å². The van der Waals surface area contributed by atoms with Crippen molar-refractivity contribution in [3.8, 4) is 0 Å². The molecule has 108 valence electrons. The molecule has 3 aliphatic rings. The number of piperidine rings is 1. The number of rotatable bonds is 2. The van der Waals surface area contributed by atoms with E-state index in [0.29, 0.717) is 11.8 Å². The minimum absolute atomic E-state index is 0.0730. The van der Waals surface area contributed by atoms with Crippen molar-refractivity contribution >= 4 is 5.97 Å². The lowest BCUT2D eigenvalue weighted by Gasteiger charge is -2.48. The smallest absolute Gasteiger partial charge is 0.302 e. The molecule has 0 aromatic carbocycles. The Labute approximate surface area is 116 Å². The lowest BCUT2D eigenvalue weighted by atomic mass is 9.67. The second-order valence-corrected chi connectivity index (χ2v) is 6.83. The number of esters is 1. The number of hydrogen-bond acceptors (Lipinski definition) is 2. The van der Waals surface area contributed by atoms with Crippen molar-refractivity contribution in [3.63, 3.8) is 0 Å². The summed E-state index contributed by atoms with van der Waals surface area (Å²) in [4.78, 5) is 13.2. The van der Waals surface area contributed by atoms with Crippen molar-refractivity contribution in [2.75, 3.05) is 13.1 Å². The third-order valence-electron chi connectivity index (χ3n) is 5.69. The zero-order chi connectivity index (χ0) is 13.2. The molecule has 1 saturated heterocycles. The number of fused-ring (bicyclic) bond motifs is 2. The highest BCUT2D eigenvalue weighted by Gasteiger charge is 2.47. The first-order chi connectivity index (χ1) is 9.25. The lowest BCUT2D eigenvalue weighted by Crippen LogP contribution is -3.17. The van der Waals surface area contributed by atoms with Gasteiger partial charge in [0, 0.05) is 19.3 Å². The van der Waals surface area contributed by atoms with E-state index in [1.807, 2.05) is 4.90 Å². The Morgan fingerprint density at radius 2 is 1.79 bits per heavy atom. The molecule has 0 aromatic heterocycles. The highest BCUT2D eigenvalue weighted by atomic mass is 16.5. The molecule has 1 aliphatic heterocycles. The van der Waals surface area contributed by atoms with Crippen molar-refractivity contribution in [1.29, 1.82) is 0 Å². The molecule has 0 amide bonds. The van der Waals surface area contributed by atoms with Crippen LogP contribution in [0.25, 0.3) is 0 Å². The molecule has 3 fully saturated rings. The van der Waals surface area contributed by atoms with Crippen LogP contribution in [0.1, 0.15) is 58.3 Å². The summed E-state index contributed by atoms with van der Waals surface area (Å²) in [6.07, 6.45) is 11.0. The molecule has 3 nitrogen and oxygen atoms in total. The zero-order valence-corrected chi connectivity index (χ0v) is 12.2. The van der Waals surface area contributed by atoms with Crippen LogP contribution in [0.15, 0.2) is 0 Å². The number of hydrogen-bond donors (Lipinski definition) is 1. The van der Waals surface area contributed by atoms with E-state index in [-0.39, 0.29) is 12.1 Å². The van der Waals surface area contributed by atoms with Crippen LogP contribution in [-0.4, -0.2) is 31.2 Å². The predicted molar refractivity (Wildman–Crippen MR) is 74.0 cm³/mol. The minimum Gasteiger partial charge on any atom is -0.462 e. The number of carbonyl (C=O) groups is 1. The van der Waals surface area contributed by atoms with Crippen molar-refractivity contribution in [2.24, 2.45) is 11.8 Å². The average Bonchev–Trinajstić information content (AvgIpc) is 2.39. The van der Waals surface area contributed by atoms with Crippen molar-refractivity contribution < 1.29 is 14.4 Å². The van der Waals surface area contributed by atoms with E-state index in [1.54, 1.807) is 6.92 Å². The molecule has 2 saturated carbocycles. The minimum atomic E-state index is -0.0730. The first kappa shape index (κ1) is 13.4. The molecule has 19 heavy (non-hydrogen) atoms. The van der Waals surface area contributed by atoms with E-state index >= 15 is 0 Å². The Hall–Kier alpha value is -0.570. The van der Waals surface area contributed by atoms with Crippen LogP contribution in [0, 0.1) is 11.8 Å². The second kappa shape index (κ2) is 5.82. The number of carbonyl (C=O) groups excluding carboxylic acids is 1. The summed E-state index contributed by atoms with van der Waals surface area (Å²) >= 11 is 0. The van der Waals surface area contributed by atoms with Gasteiger partial charge in [-0.15, -0.1) is 0 Å². The summed E-state index contributed by atoms with van der Waals surface area (Å²) in [7, 11) is 0. The van der Waals surface area contributed by atoms with Gasteiger partial charge in [-0.25, -0.2) is 0 Å². The molecule has 4 atom stereocenters. The molecule has 0 aromatic rings. The largest absolute Gasteiger partial charge is 0.462 e. The van der Waals surface area contributed by atoms with Gasteiger partial charge in [-0.05, 0) is 44.4 Å². The molecular weight excluding hydrogens is 238 g/mol. The Morgan fingerprint density at radius 1 is 1.00 bits per heavy atom. The molecule has 2 bridgehead atoms. The standard InChI is InChI=1S/C16H27NO2/c1-12(18)19-16-13-6-5-7-14(16)15(9-8-13)17-10-3-2-4-11-17/h13-16H,2-11H2,1H3/p+1/t13?,14?,15?,16-/m0/s1. The fourth-order valence-electron chi connectivity index (χ4n) is 4.90. The van der Waals surface area contributed by atoms with Crippen LogP contribution in [0.3, 0.4) is 0 Å². The summed E-state index contributed by atoms with van der Waals surface area (Å²) in [6.45, 7) is 4.27. The normalized spacial score (nSPS) is 39.8. The monoisotopic (exact) mass is 266 g/mol. The summed E-state index contributed by atoms with van der Waals surface area (Å²) < 4.78 is 5.73. The number of quaternary nitrogens is 1. The Balaban J connectivity index is 1.72. The summed E-state index contributed by atoms with van der Waals surface area (Å²) in [6, 6.07) is 0.765. The zero-order valence-electron chi connectivity index (χ0n) is 12.2. The Bertz CT molecular complexity index is 325. The van der Waals surface area contributed by atoms with Gasteiger partial charge in [-0.1, -0.05) is 6.42 Å². The highest BCUT2D eigenvalue weighted by molar-refractivity contribution is 5.66. The summed E-state index contributed by atoms with van der Waals surface area (Å²) in [5, 5.41) is 0. The second-order valence-electron chi connectivity index (χ2n) is 6.83. The quantitative estimate of drug-likeness (QED) is 0.769. The van der Waals surface area contributed by atoms with E-state index < -0.39 is 0 Å². The van der Waals surface area contributed by atoms with Gasteiger partial charge in [-0.3, -0.25) is 4.79 Å². The van der Waals surface area contributed by atoms with Gasteiger partial charge in [0.25, 0.3) is 0 Å². The van der Waals surface area contributed by atoms with Gasteiger partial charge in [-0.2, -0.15) is 0 Å². The van der Waals surface area contributed by atoms with E-state index in [9.17, 15) is 4.79 Å². The molecule has 1 heterocycles. The maximum absolute atomic E-state index is 11.4. The Kier molecular flexibility index (Phi) is 4.11. The van der Waals surface area contributed by atoms with Crippen LogP contribution >= 0.6 is 0 Å². The van der Waals surface area contributed by atoms with Gasteiger partial charge in [0.05, 0.1) is 19.1 Å². The summed E-state index contributed by atoms with van der Waals surface area (Å²) in [5.74, 6) is 1.23. The van der Waals surface area contributed by atoms with E-state index in [1.165, 1.54) is 64.5 Å². The molecule has 3 rings (SSSR count). The number of likely N-dealkylation sites (tertiary alicyclic amines) is 1. The van der Waals surface area contributed by atoms with Gasteiger partial charge >= 0.3 is 5.97 Å². The SMILES string of the molecule is CC(=O)O[C@H]1C2CCCC1C([NH+]1CCCCC1)CC2. The van der Waals surface area contributed by atoms with Crippen molar-refractivity contribution in [2.45, 2.75) is 70.4 Å². The maximum Gasteiger partial charge on any atom is 0.302 e. The fraction of sp³-hybridized carbons (Fsp3) is 0.938. The van der Waals surface area contributed by atoms with E-state index in [2.05, 4.69) is 0 Å². The molecule has 3 heteroatoms. The number of nitrogens with one attached hydrogen (secondary N) is 1. The molecule has 3 unspecified atom stereocenters. The highest BCUT2D eigenvalue weighted by Crippen LogP contribution is 2.41. The van der Waals surface area contributed by atoms with Crippen LogP contribution < -0.4 is 4.90 Å². The first-order valence-corrected chi connectivity index (χ1v) is 8.27. The lowest BCUT2D eigenvalue weighted by molar-refractivity contribution is -0.936. The van der Waals surface area contributed by atoms with Gasteiger partial charge in [0.2, 0.25) is 0 Å². The van der Waals surface area contributed by atoms with E-state index in [0.717, 1.165) is 6.04 Å². The van der Waals surface area contributed by atoms with Crippen LogP contribution in [0.5, 0.6) is 0 Å². The van der Waals surface area contributed by atoms with Crippen LogP contribution in [0.2, 0.25) is 0 Å². The summed E-state index contributed by atoms with van der Waals surface area (Å²) in [5.41, 5.74) is 0. The van der Waals surface area contributed by atoms with Crippen LogP contribution in [-0.2, 0) is 9.53 Å². The predicted octanol–water partition coefficient (Wildman–Crippen LogP) is 1.57. The molecular formula is C16H28NO2+. The maximum atomic E-state index is 11.4. The third kappa shape index (κ3) is 2.81. The van der Waals surface area contributed by atoms with E-state index in [4.69, 9.17) is 4.74 Å². The molecule has 0 spiro atoms. The Morgan fingerprint density at radius 3 is 2.53 bits per heavy atom. The van der Waals surface area contributed by atoms with Gasteiger partial charge in [0.1, 0.15) is 6.10 Å². The average molecular weight is 266 g/mol. The van der Waals surface area contributed by atoms with Crippen LogP contribution in [0.4, 0.5) is 0 Å². The third-order valence-corrected chi connectivity index (χ3v) is 5.69. The first-order valence-electron chi connectivity index (χ1n) is 8.27. The molecule has 2 aliphatic carbocycles. The van der Waals surface area contributed by atoms with Gasteiger partial charge in [0.15, 0.2) is 0 Å².